The van der Waals surface area contributed by atoms with Crippen LogP contribution >= 0.6 is 0 Å². The van der Waals surface area contributed by atoms with E-state index < -0.39 is 0 Å². The van der Waals surface area contributed by atoms with Gasteiger partial charge in [0.2, 0.25) is 0 Å². The first-order valence-corrected chi connectivity index (χ1v) is 3.79. The molecule has 0 aromatic heterocycles. The van der Waals surface area contributed by atoms with Crippen LogP contribution in [0.5, 0.6) is 0 Å². The van der Waals surface area contributed by atoms with Crippen molar-refractivity contribution in [1.82, 2.24) is 10.6 Å². The Hall–Kier alpha value is -0.0800. The molecule has 0 spiro atoms. The van der Waals surface area contributed by atoms with E-state index in [-0.39, 0.29) is 0 Å². The number of rotatable bonds is 4. The first-order valence-electron chi connectivity index (χ1n) is 3.79. The molecule has 1 saturated carbocycles. The van der Waals surface area contributed by atoms with Crippen LogP contribution in [0.1, 0.15) is 19.3 Å². The molecule has 0 aromatic carbocycles. The Morgan fingerprint density at radius 3 is 2.67 bits per heavy atom. The standard InChI is InChI=1S/C7H16N2/c1-8-6-9-5-7-3-2-4-7/h7-9H,2-6H2,1H3. The highest BCUT2D eigenvalue weighted by molar-refractivity contribution is 4.70. The van der Waals surface area contributed by atoms with Crippen molar-refractivity contribution in [3.05, 3.63) is 0 Å². The monoisotopic (exact) mass is 128 g/mol. The fourth-order valence-electron chi connectivity index (χ4n) is 1.10. The largest absolute Gasteiger partial charge is 0.308 e. The van der Waals surface area contributed by atoms with Gasteiger partial charge in [0.1, 0.15) is 0 Å². The minimum absolute atomic E-state index is 0.955. The van der Waals surface area contributed by atoms with Gasteiger partial charge in [-0.3, -0.25) is 0 Å². The number of hydrogen-bond acceptors (Lipinski definition) is 2. The Bertz CT molecular complexity index is 69.3. The molecule has 54 valence electrons. The first kappa shape index (κ1) is 7.03. The Morgan fingerprint density at radius 1 is 1.44 bits per heavy atom. The average Bonchev–Trinajstić information content (AvgIpc) is 1.76. The SMILES string of the molecule is CNCNCC1CCC1. The third-order valence-electron chi connectivity index (χ3n) is 1.96. The molecule has 2 nitrogen and oxygen atoms in total. The molecule has 0 atom stereocenters. The zero-order chi connectivity index (χ0) is 6.53. The van der Waals surface area contributed by atoms with Crippen molar-refractivity contribution in [2.24, 2.45) is 5.92 Å². The maximum absolute atomic E-state index is 3.33. The van der Waals surface area contributed by atoms with Crippen molar-refractivity contribution in [1.29, 1.82) is 0 Å². The van der Waals surface area contributed by atoms with Crippen molar-refractivity contribution < 1.29 is 0 Å². The van der Waals surface area contributed by atoms with Crippen molar-refractivity contribution in [3.63, 3.8) is 0 Å². The highest BCUT2D eigenvalue weighted by atomic mass is 15.0. The van der Waals surface area contributed by atoms with Crippen LogP contribution < -0.4 is 10.6 Å². The van der Waals surface area contributed by atoms with Crippen LogP contribution in [0.25, 0.3) is 0 Å². The van der Waals surface area contributed by atoms with Gasteiger partial charge >= 0.3 is 0 Å². The second-order valence-corrected chi connectivity index (χ2v) is 2.78. The zero-order valence-corrected chi connectivity index (χ0v) is 6.11. The molecular formula is C7H16N2. The molecular weight excluding hydrogens is 112 g/mol. The quantitative estimate of drug-likeness (QED) is 0.427. The molecule has 1 rings (SSSR count). The first-order chi connectivity index (χ1) is 4.43. The smallest absolute Gasteiger partial charge is 0.0451 e. The third kappa shape index (κ3) is 2.33. The van der Waals surface area contributed by atoms with Crippen LogP contribution in [0.2, 0.25) is 0 Å². The van der Waals surface area contributed by atoms with Crippen LogP contribution in [-0.4, -0.2) is 20.3 Å². The van der Waals surface area contributed by atoms with Gasteiger partial charge in [-0.15, -0.1) is 0 Å². The fourth-order valence-corrected chi connectivity index (χ4v) is 1.10. The van der Waals surface area contributed by atoms with Crippen LogP contribution in [0.15, 0.2) is 0 Å². The Balaban J connectivity index is 1.80. The van der Waals surface area contributed by atoms with Gasteiger partial charge in [0.25, 0.3) is 0 Å². The predicted octanol–water partition coefficient (Wildman–Crippen LogP) is 0.553. The lowest BCUT2D eigenvalue weighted by molar-refractivity contribution is 0.300. The summed E-state index contributed by atoms with van der Waals surface area (Å²) < 4.78 is 0. The summed E-state index contributed by atoms with van der Waals surface area (Å²) in [6, 6.07) is 0. The van der Waals surface area contributed by atoms with Gasteiger partial charge in [-0.1, -0.05) is 6.42 Å². The van der Waals surface area contributed by atoms with Gasteiger partial charge in [-0.25, -0.2) is 0 Å². The highest BCUT2D eigenvalue weighted by Gasteiger charge is 2.15. The van der Waals surface area contributed by atoms with Crippen LogP contribution in [0.4, 0.5) is 0 Å². The minimum atomic E-state index is 0.955. The Labute approximate surface area is 57.0 Å². The molecule has 1 aliphatic rings. The van der Waals surface area contributed by atoms with E-state index in [1.54, 1.807) is 0 Å². The lowest BCUT2D eigenvalue weighted by atomic mass is 9.85. The van der Waals surface area contributed by atoms with E-state index >= 15 is 0 Å². The topological polar surface area (TPSA) is 24.1 Å². The molecule has 1 aliphatic carbocycles. The molecule has 2 N–H and O–H groups in total. The summed E-state index contributed by atoms with van der Waals surface area (Å²) in [6.45, 7) is 2.16. The summed E-state index contributed by atoms with van der Waals surface area (Å²) in [6.07, 6.45) is 4.33. The summed E-state index contributed by atoms with van der Waals surface area (Å²) >= 11 is 0. The normalized spacial score (nSPS) is 19.7. The van der Waals surface area contributed by atoms with Gasteiger partial charge in [0.15, 0.2) is 0 Å². The van der Waals surface area contributed by atoms with Gasteiger partial charge in [-0.05, 0) is 32.4 Å². The van der Waals surface area contributed by atoms with E-state index in [1.807, 2.05) is 7.05 Å². The van der Waals surface area contributed by atoms with Crippen LogP contribution in [0, 0.1) is 5.92 Å². The molecule has 0 heterocycles. The van der Waals surface area contributed by atoms with E-state index in [0.717, 1.165) is 12.6 Å². The van der Waals surface area contributed by atoms with E-state index in [0.29, 0.717) is 0 Å². The van der Waals surface area contributed by atoms with Gasteiger partial charge in [0.05, 0.1) is 0 Å². The van der Waals surface area contributed by atoms with E-state index in [2.05, 4.69) is 10.6 Å². The van der Waals surface area contributed by atoms with Gasteiger partial charge < -0.3 is 10.6 Å². The summed E-state index contributed by atoms with van der Waals surface area (Å²) in [5.74, 6) is 0.985. The molecule has 0 aromatic rings. The van der Waals surface area contributed by atoms with Gasteiger partial charge in [0, 0.05) is 6.67 Å². The summed E-state index contributed by atoms with van der Waals surface area (Å²) in [4.78, 5) is 0. The van der Waals surface area contributed by atoms with E-state index in [4.69, 9.17) is 0 Å². The fraction of sp³-hybridized carbons (Fsp3) is 1.00. The van der Waals surface area contributed by atoms with Crippen LogP contribution in [-0.2, 0) is 0 Å². The molecule has 2 heteroatoms. The highest BCUT2D eigenvalue weighted by Crippen LogP contribution is 2.24. The van der Waals surface area contributed by atoms with E-state index in [1.165, 1.54) is 25.8 Å². The van der Waals surface area contributed by atoms with Crippen LogP contribution in [0.3, 0.4) is 0 Å². The molecule has 1 fully saturated rings. The maximum atomic E-state index is 3.33. The summed E-state index contributed by atoms with van der Waals surface area (Å²) in [5, 5.41) is 6.39. The molecule has 0 aliphatic heterocycles. The average molecular weight is 128 g/mol. The third-order valence-corrected chi connectivity index (χ3v) is 1.96. The number of nitrogens with one attached hydrogen (secondary N) is 2. The molecule has 0 bridgehead atoms. The second kappa shape index (κ2) is 3.85. The lowest BCUT2D eigenvalue weighted by Gasteiger charge is -2.25. The molecule has 0 radical (unpaired) electrons. The molecule has 0 amide bonds. The summed E-state index contributed by atoms with van der Waals surface area (Å²) in [7, 11) is 1.97. The molecule has 0 unspecified atom stereocenters. The predicted molar refractivity (Wildman–Crippen MR) is 39.3 cm³/mol. The second-order valence-electron chi connectivity index (χ2n) is 2.78. The van der Waals surface area contributed by atoms with Crippen molar-refractivity contribution in [3.8, 4) is 0 Å². The molecule has 9 heavy (non-hydrogen) atoms. The van der Waals surface area contributed by atoms with Crippen molar-refractivity contribution >= 4 is 0 Å². The van der Waals surface area contributed by atoms with Crippen molar-refractivity contribution in [2.45, 2.75) is 19.3 Å². The maximum Gasteiger partial charge on any atom is 0.0451 e. The Morgan fingerprint density at radius 2 is 2.22 bits per heavy atom. The van der Waals surface area contributed by atoms with Crippen molar-refractivity contribution in [2.75, 3.05) is 20.3 Å². The minimum Gasteiger partial charge on any atom is -0.308 e. The summed E-state index contributed by atoms with van der Waals surface area (Å²) in [5.41, 5.74) is 0. The lowest BCUT2D eigenvalue weighted by Crippen LogP contribution is -2.32. The number of hydrogen-bond donors (Lipinski definition) is 2. The Kier molecular flexibility index (Phi) is 3.01. The molecule has 0 saturated heterocycles. The van der Waals surface area contributed by atoms with Gasteiger partial charge in [-0.2, -0.15) is 0 Å². The van der Waals surface area contributed by atoms with E-state index in [9.17, 15) is 0 Å². The zero-order valence-electron chi connectivity index (χ0n) is 6.11.